The van der Waals surface area contributed by atoms with Crippen molar-refractivity contribution in [2.45, 2.75) is 32.9 Å². The standard InChI is InChI=1S/C23H19N3O4S/c1-12(2)29-15-7-5-14(6-8-15)19-18-20(27)16-10-13(3)4-9-17(16)30-21(18)22(28)26(19)23-25-24-11-31-23/h4-12,19H,1-3H3. The Kier molecular flexibility index (Phi) is 4.59. The van der Waals surface area contributed by atoms with Gasteiger partial charge in [-0.2, -0.15) is 0 Å². The number of carbonyl (C=O) groups is 1. The summed E-state index contributed by atoms with van der Waals surface area (Å²) in [6.07, 6.45) is 0.0409. The summed E-state index contributed by atoms with van der Waals surface area (Å²) in [5, 5.41) is 8.82. The van der Waals surface area contributed by atoms with Crippen LogP contribution >= 0.6 is 11.3 Å². The molecule has 0 radical (unpaired) electrons. The van der Waals surface area contributed by atoms with Crippen molar-refractivity contribution in [3.63, 3.8) is 0 Å². The zero-order chi connectivity index (χ0) is 21.7. The van der Waals surface area contributed by atoms with E-state index in [2.05, 4.69) is 10.2 Å². The third-order valence-electron chi connectivity index (χ3n) is 5.15. The van der Waals surface area contributed by atoms with E-state index in [-0.39, 0.29) is 17.3 Å². The number of amides is 1. The van der Waals surface area contributed by atoms with Gasteiger partial charge in [0.05, 0.1) is 23.1 Å². The van der Waals surface area contributed by atoms with Crippen LogP contribution in [0.4, 0.5) is 5.13 Å². The molecule has 1 unspecified atom stereocenters. The van der Waals surface area contributed by atoms with Gasteiger partial charge >= 0.3 is 0 Å². The summed E-state index contributed by atoms with van der Waals surface area (Å²) < 4.78 is 11.7. The number of hydrogen-bond acceptors (Lipinski definition) is 7. The number of rotatable bonds is 4. The number of ether oxygens (including phenoxy) is 1. The Morgan fingerprint density at radius 1 is 1.13 bits per heavy atom. The van der Waals surface area contributed by atoms with Gasteiger partial charge in [-0.1, -0.05) is 35.1 Å². The van der Waals surface area contributed by atoms with E-state index in [1.807, 2.05) is 51.1 Å². The summed E-state index contributed by atoms with van der Waals surface area (Å²) in [6, 6.07) is 12.1. The first kappa shape index (κ1) is 19.4. The Labute approximate surface area is 181 Å². The van der Waals surface area contributed by atoms with Gasteiger partial charge in [-0.15, -0.1) is 10.2 Å². The van der Waals surface area contributed by atoms with E-state index >= 15 is 0 Å². The molecule has 156 valence electrons. The minimum absolute atomic E-state index is 0.0409. The molecule has 0 aliphatic carbocycles. The second kappa shape index (κ2) is 7.31. The number of aromatic nitrogens is 2. The Morgan fingerprint density at radius 2 is 1.90 bits per heavy atom. The Balaban J connectivity index is 1.73. The molecule has 1 aliphatic heterocycles. The molecule has 5 rings (SSSR count). The van der Waals surface area contributed by atoms with Crippen molar-refractivity contribution in [3.05, 3.63) is 80.6 Å². The molecular formula is C23H19N3O4S. The summed E-state index contributed by atoms with van der Waals surface area (Å²) in [4.78, 5) is 28.4. The smallest absolute Gasteiger partial charge is 0.297 e. The number of carbonyl (C=O) groups excluding carboxylic acids is 1. The fourth-order valence-electron chi connectivity index (χ4n) is 3.87. The largest absolute Gasteiger partial charge is 0.491 e. The molecule has 0 saturated heterocycles. The minimum Gasteiger partial charge on any atom is -0.491 e. The number of hydrogen-bond donors (Lipinski definition) is 0. The second-order valence-electron chi connectivity index (χ2n) is 7.71. The number of benzene rings is 2. The van der Waals surface area contributed by atoms with Crippen LogP contribution < -0.4 is 15.1 Å². The van der Waals surface area contributed by atoms with Gasteiger partial charge in [-0.25, -0.2) is 0 Å². The molecule has 0 saturated carbocycles. The van der Waals surface area contributed by atoms with Crippen LogP contribution in [0.2, 0.25) is 0 Å². The number of aryl methyl sites for hydroxylation is 1. The van der Waals surface area contributed by atoms with Crippen LogP contribution in [0, 0.1) is 6.92 Å². The third-order valence-corrected chi connectivity index (χ3v) is 5.84. The summed E-state index contributed by atoms with van der Waals surface area (Å²) in [5.41, 5.74) is 3.75. The molecule has 1 atom stereocenters. The maximum absolute atomic E-state index is 13.5. The molecule has 1 amide bonds. The van der Waals surface area contributed by atoms with Gasteiger partial charge in [0.2, 0.25) is 10.9 Å². The Bertz CT molecular complexity index is 1340. The maximum atomic E-state index is 13.5. The lowest BCUT2D eigenvalue weighted by Crippen LogP contribution is -2.29. The van der Waals surface area contributed by atoms with Gasteiger partial charge in [-0.05, 0) is 50.6 Å². The molecule has 0 bridgehead atoms. The monoisotopic (exact) mass is 433 g/mol. The molecule has 0 spiro atoms. The Hall–Kier alpha value is -3.52. The van der Waals surface area contributed by atoms with Gasteiger partial charge in [-0.3, -0.25) is 14.5 Å². The van der Waals surface area contributed by atoms with Crippen molar-refractivity contribution < 1.29 is 13.9 Å². The molecule has 0 fully saturated rings. The predicted molar refractivity (Wildman–Crippen MR) is 118 cm³/mol. The van der Waals surface area contributed by atoms with Crippen LogP contribution in [0.3, 0.4) is 0 Å². The predicted octanol–water partition coefficient (Wildman–Crippen LogP) is 4.49. The van der Waals surface area contributed by atoms with Gasteiger partial charge in [0.25, 0.3) is 5.91 Å². The first-order chi connectivity index (χ1) is 14.9. The van der Waals surface area contributed by atoms with Crippen LogP contribution in [0.5, 0.6) is 5.75 Å². The van der Waals surface area contributed by atoms with E-state index in [0.717, 1.165) is 11.1 Å². The van der Waals surface area contributed by atoms with Crippen molar-refractivity contribution in [2.75, 3.05) is 4.90 Å². The highest BCUT2D eigenvalue weighted by Gasteiger charge is 2.44. The average molecular weight is 433 g/mol. The summed E-state index contributed by atoms with van der Waals surface area (Å²) >= 11 is 1.23. The summed E-state index contributed by atoms with van der Waals surface area (Å²) in [7, 11) is 0. The molecule has 0 N–H and O–H groups in total. The molecule has 1 aliphatic rings. The number of nitrogens with zero attached hydrogens (tertiary/aromatic N) is 3. The highest BCUT2D eigenvalue weighted by Crippen LogP contribution is 2.41. The topological polar surface area (TPSA) is 85.5 Å². The van der Waals surface area contributed by atoms with Crippen molar-refractivity contribution >= 4 is 33.3 Å². The van der Waals surface area contributed by atoms with E-state index in [1.54, 1.807) is 17.6 Å². The van der Waals surface area contributed by atoms with Gasteiger partial charge < -0.3 is 9.15 Å². The van der Waals surface area contributed by atoms with E-state index in [4.69, 9.17) is 9.15 Å². The Morgan fingerprint density at radius 3 is 2.58 bits per heavy atom. The summed E-state index contributed by atoms with van der Waals surface area (Å²) in [6.45, 7) is 5.82. The van der Waals surface area contributed by atoms with Crippen LogP contribution in [-0.2, 0) is 0 Å². The quantitative estimate of drug-likeness (QED) is 0.471. The average Bonchev–Trinajstić information content (AvgIpc) is 3.36. The van der Waals surface area contributed by atoms with E-state index in [9.17, 15) is 9.59 Å². The molecule has 4 aromatic rings. The third kappa shape index (κ3) is 3.19. The first-order valence-electron chi connectivity index (χ1n) is 9.87. The lowest BCUT2D eigenvalue weighted by atomic mass is 9.98. The SMILES string of the molecule is Cc1ccc2oc3c(c(=O)c2c1)C(c1ccc(OC(C)C)cc1)N(c1nncs1)C3=O. The second-order valence-corrected chi connectivity index (χ2v) is 8.52. The van der Waals surface area contributed by atoms with Crippen molar-refractivity contribution in [2.24, 2.45) is 0 Å². The van der Waals surface area contributed by atoms with Crippen LogP contribution in [0.1, 0.15) is 47.1 Å². The highest BCUT2D eigenvalue weighted by atomic mass is 32.1. The zero-order valence-corrected chi connectivity index (χ0v) is 18.0. The highest BCUT2D eigenvalue weighted by molar-refractivity contribution is 7.13. The molecule has 7 nitrogen and oxygen atoms in total. The van der Waals surface area contributed by atoms with E-state index in [1.165, 1.54) is 16.2 Å². The van der Waals surface area contributed by atoms with E-state index in [0.29, 0.717) is 27.4 Å². The fourth-order valence-corrected chi connectivity index (χ4v) is 4.46. The van der Waals surface area contributed by atoms with Gasteiger partial charge in [0.15, 0.2) is 5.43 Å². The molecular weight excluding hydrogens is 414 g/mol. The van der Waals surface area contributed by atoms with E-state index < -0.39 is 11.9 Å². The lowest BCUT2D eigenvalue weighted by Gasteiger charge is -2.22. The molecule has 31 heavy (non-hydrogen) atoms. The maximum Gasteiger partial charge on any atom is 0.297 e. The van der Waals surface area contributed by atoms with Crippen LogP contribution in [-0.4, -0.2) is 22.2 Å². The van der Waals surface area contributed by atoms with Crippen LogP contribution in [0.25, 0.3) is 11.0 Å². The summed E-state index contributed by atoms with van der Waals surface area (Å²) in [5.74, 6) is 0.356. The molecule has 8 heteroatoms. The van der Waals surface area contributed by atoms with Crippen molar-refractivity contribution in [3.8, 4) is 5.75 Å². The fraction of sp³-hybridized carbons (Fsp3) is 0.217. The van der Waals surface area contributed by atoms with Crippen molar-refractivity contribution in [1.82, 2.24) is 10.2 Å². The van der Waals surface area contributed by atoms with Crippen molar-refractivity contribution in [1.29, 1.82) is 0 Å². The zero-order valence-electron chi connectivity index (χ0n) is 17.2. The first-order valence-corrected chi connectivity index (χ1v) is 10.8. The number of fused-ring (bicyclic) bond motifs is 2. The lowest BCUT2D eigenvalue weighted by molar-refractivity contribution is 0.0970. The molecule has 2 aromatic heterocycles. The molecule has 3 heterocycles. The normalized spacial score (nSPS) is 15.7. The van der Waals surface area contributed by atoms with Gasteiger partial charge in [0.1, 0.15) is 16.8 Å². The molecule has 2 aromatic carbocycles. The van der Waals surface area contributed by atoms with Crippen LogP contribution in [0.15, 0.2) is 57.2 Å². The minimum atomic E-state index is -0.662. The van der Waals surface area contributed by atoms with Gasteiger partial charge in [0, 0.05) is 0 Å². The number of anilines is 1.